The molecule has 0 atom stereocenters. The van der Waals surface area contributed by atoms with E-state index in [1.54, 1.807) is 0 Å². The summed E-state index contributed by atoms with van der Waals surface area (Å²) in [6, 6.07) is 2.83. The Kier molecular flexibility index (Phi) is 1.93. The molecular weight excluding hydrogens is 240 g/mol. The van der Waals surface area contributed by atoms with E-state index in [0.717, 1.165) is 0 Å². The van der Waals surface area contributed by atoms with Crippen molar-refractivity contribution >= 4 is 15.9 Å². The van der Waals surface area contributed by atoms with E-state index in [9.17, 15) is 4.79 Å². The van der Waals surface area contributed by atoms with Gasteiger partial charge in [0.05, 0.1) is 0 Å². The van der Waals surface area contributed by atoms with Crippen LogP contribution in [0.4, 0.5) is 0 Å². The van der Waals surface area contributed by atoms with E-state index < -0.39 is 0 Å². The van der Waals surface area contributed by atoms with Gasteiger partial charge in [-0.3, -0.25) is 4.79 Å². The Morgan fingerprint density at radius 1 is 1.46 bits per heavy atom. The molecule has 0 saturated carbocycles. The fourth-order valence-corrected chi connectivity index (χ4v) is 1.01. The van der Waals surface area contributed by atoms with Crippen LogP contribution in [-0.2, 0) is 0 Å². The van der Waals surface area contributed by atoms with Crippen LogP contribution in [0.15, 0.2) is 26.2 Å². The molecule has 2 heterocycles. The Labute approximate surface area is 80.1 Å². The standard InChI is InChI=1S/C6H3BrN4O2/c7-6-8-5(13-11-6)3-1-2-4(12)10-9-3/h1-2H,(H,10,12). The number of hydrogen-bond acceptors (Lipinski definition) is 5. The van der Waals surface area contributed by atoms with Crippen LogP contribution in [0.5, 0.6) is 0 Å². The van der Waals surface area contributed by atoms with Crippen LogP contribution >= 0.6 is 15.9 Å². The Balaban J connectivity index is 2.47. The zero-order chi connectivity index (χ0) is 9.26. The molecule has 0 saturated heterocycles. The number of rotatable bonds is 1. The van der Waals surface area contributed by atoms with Crippen LogP contribution < -0.4 is 5.56 Å². The second-order valence-corrected chi connectivity index (χ2v) is 2.88. The maximum atomic E-state index is 10.7. The molecule has 1 N–H and O–H groups in total. The summed E-state index contributed by atoms with van der Waals surface area (Å²) in [6.45, 7) is 0. The van der Waals surface area contributed by atoms with Gasteiger partial charge in [-0.25, -0.2) is 5.10 Å². The van der Waals surface area contributed by atoms with Gasteiger partial charge in [0.2, 0.25) is 4.73 Å². The monoisotopic (exact) mass is 242 g/mol. The molecule has 0 radical (unpaired) electrons. The van der Waals surface area contributed by atoms with E-state index in [4.69, 9.17) is 4.52 Å². The zero-order valence-corrected chi connectivity index (χ0v) is 7.78. The van der Waals surface area contributed by atoms with Gasteiger partial charge in [0.25, 0.3) is 11.4 Å². The normalized spacial score (nSPS) is 10.2. The number of aromatic amines is 1. The number of H-pyrrole nitrogens is 1. The summed E-state index contributed by atoms with van der Waals surface area (Å²) in [6.07, 6.45) is 0. The second kappa shape index (κ2) is 3.09. The maximum Gasteiger partial charge on any atom is 0.279 e. The molecule has 13 heavy (non-hydrogen) atoms. The van der Waals surface area contributed by atoms with E-state index >= 15 is 0 Å². The summed E-state index contributed by atoms with van der Waals surface area (Å²) in [5.41, 5.74) is 0.153. The van der Waals surface area contributed by atoms with Gasteiger partial charge in [-0.15, -0.1) is 0 Å². The zero-order valence-electron chi connectivity index (χ0n) is 6.19. The molecule has 0 aliphatic heterocycles. The van der Waals surface area contributed by atoms with Gasteiger partial charge in [0.1, 0.15) is 5.69 Å². The predicted octanol–water partition coefficient (Wildman–Crippen LogP) is 0.582. The quantitative estimate of drug-likeness (QED) is 0.791. The molecule has 0 bridgehead atoms. The molecule has 0 spiro atoms. The molecule has 0 aliphatic rings. The van der Waals surface area contributed by atoms with E-state index in [-0.39, 0.29) is 11.4 Å². The first-order valence-corrected chi connectivity index (χ1v) is 4.10. The molecule has 6 nitrogen and oxygen atoms in total. The minimum Gasteiger partial charge on any atom is -0.331 e. The molecule has 66 valence electrons. The van der Waals surface area contributed by atoms with Crippen molar-refractivity contribution in [3.63, 3.8) is 0 Å². The fourth-order valence-electron chi connectivity index (χ4n) is 0.773. The van der Waals surface area contributed by atoms with Gasteiger partial charge in [0.15, 0.2) is 0 Å². The third-order valence-corrected chi connectivity index (χ3v) is 1.62. The van der Waals surface area contributed by atoms with Gasteiger partial charge in [-0.05, 0) is 27.2 Å². The number of nitrogens with one attached hydrogen (secondary N) is 1. The molecule has 7 heteroatoms. The predicted molar refractivity (Wildman–Crippen MR) is 45.8 cm³/mol. The minimum atomic E-state index is -0.276. The largest absolute Gasteiger partial charge is 0.331 e. The van der Waals surface area contributed by atoms with Crippen molar-refractivity contribution in [2.24, 2.45) is 0 Å². The van der Waals surface area contributed by atoms with Crippen molar-refractivity contribution in [2.75, 3.05) is 0 Å². The van der Waals surface area contributed by atoms with Crippen LogP contribution in [0.25, 0.3) is 11.6 Å². The van der Waals surface area contributed by atoms with Crippen LogP contribution in [0.1, 0.15) is 0 Å². The van der Waals surface area contributed by atoms with Gasteiger partial charge in [0, 0.05) is 6.07 Å². The molecule has 2 aromatic rings. The summed E-state index contributed by atoms with van der Waals surface area (Å²) >= 11 is 3.03. The topological polar surface area (TPSA) is 84.7 Å². The average Bonchev–Trinajstić information content (AvgIpc) is 2.53. The minimum absolute atomic E-state index is 0.253. The Morgan fingerprint density at radius 2 is 2.31 bits per heavy atom. The first-order valence-electron chi connectivity index (χ1n) is 3.31. The number of halogens is 1. The number of hydrogen-bond donors (Lipinski definition) is 1. The molecule has 0 fully saturated rings. The third-order valence-electron chi connectivity index (χ3n) is 1.30. The highest BCUT2D eigenvalue weighted by molar-refractivity contribution is 9.10. The van der Waals surface area contributed by atoms with Crippen LogP contribution in [0, 0.1) is 0 Å². The summed E-state index contributed by atoms with van der Waals surface area (Å²) in [5, 5.41) is 9.48. The van der Waals surface area contributed by atoms with Crippen molar-refractivity contribution in [3.05, 3.63) is 27.2 Å². The SMILES string of the molecule is O=c1ccc(-c2nc(Br)no2)n[nH]1. The smallest absolute Gasteiger partial charge is 0.279 e. The molecule has 0 amide bonds. The van der Waals surface area contributed by atoms with Crippen molar-refractivity contribution in [1.29, 1.82) is 0 Å². The van der Waals surface area contributed by atoms with Crippen LogP contribution in [-0.4, -0.2) is 20.3 Å². The number of aromatic nitrogens is 4. The van der Waals surface area contributed by atoms with Crippen LogP contribution in [0.2, 0.25) is 0 Å². The lowest BCUT2D eigenvalue weighted by Crippen LogP contribution is -2.05. The summed E-state index contributed by atoms with van der Waals surface area (Å²) in [4.78, 5) is 14.5. The molecule has 0 aliphatic carbocycles. The van der Waals surface area contributed by atoms with E-state index in [2.05, 4.69) is 36.3 Å². The molecule has 0 aromatic carbocycles. The van der Waals surface area contributed by atoms with E-state index in [1.165, 1.54) is 12.1 Å². The highest BCUT2D eigenvalue weighted by Gasteiger charge is 2.07. The Hall–Kier alpha value is -1.50. The number of nitrogens with zero attached hydrogens (tertiary/aromatic N) is 3. The van der Waals surface area contributed by atoms with E-state index in [0.29, 0.717) is 10.4 Å². The van der Waals surface area contributed by atoms with Crippen molar-refractivity contribution in [3.8, 4) is 11.6 Å². The lowest BCUT2D eigenvalue weighted by atomic mass is 10.4. The van der Waals surface area contributed by atoms with E-state index in [1.807, 2.05) is 0 Å². The van der Waals surface area contributed by atoms with Gasteiger partial charge >= 0.3 is 0 Å². The molecule has 2 rings (SSSR count). The van der Waals surface area contributed by atoms with Crippen molar-refractivity contribution in [2.45, 2.75) is 0 Å². The maximum absolute atomic E-state index is 10.7. The third kappa shape index (κ3) is 1.64. The lowest BCUT2D eigenvalue weighted by Gasteiger charge is -1.88. The highest BCUT2D eigenvalue weighted by Crippen LogP contribution is 2.13. The molecule has 0 unspecified atom stereocenters. The lowest BCUT2D eigenvalue weighted by molar-refractivity contribution is 0.424. The summed E-state index contributed by atoms with van der Waals surface area (Å²) in [7, 11) is 0. The van der Waals surface area contributed by atoms with Gasteiger partial charge in [-0.1, -0.05) is 0 Å². The van der Waals surface area contributed by atoms with Gasteiger partial charge in [-0.2, -0.15) is 10.1 Å². The van der Waals surface area contributed by atoms with Crippen LogP contribution in [0.3, 0.4) is 0 Å². The first kappa shape index (κ1) is 8.11. The summed E-state index contributed by atoms with van der Waals surface area (Å²) < 4.78 is 5.14. The van der Waals surface area contributed by atoms with Gasteiger partial charge < -0.3 is 4.52 Å². The van der Waals surface area contributed by atoms with Crippen molar-refractivity contribution < 1.29 is 4.52 Å². The summed E-state index contributed by atoms with van der Waals surface area (Å²) in [5.74, 6) is 0.253. The molecular formula is C6H3BrN4O2. The first-order chi connectivity index (χ1) is 6.25. The fraction of sp³-hybridized carbons (Fsp3) is 0. The molecule has 2 aromatic heterocycles. The highest BCUT2D eigenvalue weighted by atomic mass is 79.9. The Bertz CT molecular complexity index is 457. The van der Waals surface area contributed by atoms with Crippen molar-refractivity contribution in [1.82, 2.24) is 20.3 Å². The average molecular weight is 243 g/mol. The Morgan fingerprint density at radius 3 is 2.85 bits per heavy atom. The second-order valence-electron chi connectivity index (χ2n) is 2.17.